The first-order chi connectivity index (χ1) is 10.6. The zero-order valence-electron chi connectivity index (χ0n) is 12.0. The maximum atomic E-state index is 12.3. The van der Waals surface area contributed by atoms with E-state index in [1.54, 1.807) is 24.3 Å². The molecule has 114 valence electrons. The average molecular weight is 319 g/mol. The van der Waals surface area contributed by atoms with Gasteiger partial charge in [-0.15, -0.1) is 11.3 Å². The molecule has 0 bridgehead atoms. The second-order valence-electron chi connectivity index (χ2n) is 4.61. The number of aryl methyl sites for hydroxylation is 1. The standard InChI is InChI=1S/C15H13NO5S/c1-8-5-10(15(18)19-2)14(22-8)16-13(17)9-3-4-11-12(6-9)21-7-20-11/h3-6H,7H2,1-2H3,(H,16,17). The fourth-order valence-corrected chi connectivity index (χ4v) is 2.98. The van der Waals surface area contributed by atoms with Crippen LogP contribution in [-0.4, -0.2) is 25.8 Å². The minimum atomic E-state index is -0.481. The third-order valence-corrected chi connectivity index (χ3v) is 4.09. The highest BCUT2D eigenvalue weighted by Gasteiger charge is 2.20. The summed E-state index contributed by atoms with van der Waals surface area (Å²) in [5.74, 6) is 0.331. The molecule has 1 aliphatic heterocycles. The molecule has 1 aromatic carbocycles. The number of anilines is 1. The van der Waals surface area contributed by atoms with Gasteiger partial charge in [0.15, 0.2) is 11.5 Å². The molecule has 2 aromatic rings. The molecule has 0 atom stereocenters. The van der Waals surface area contributed by atoms with Gasteiger partial charge in [0.25, 0.3) is 5.91 Å². The highest BCUT2D eigenvalue weighted by Crippen LogP contribution is 2.33. The van der Waals surface area contributed by atoms with Crippen molar-refractivity contribution in [2.75, 3.05) is 19.2 Å². The van der Waals surface area contributed by atoms with Crippen LogP contribution in [0.4, 0.5) is 5.00 Å². The summed E-state index contributed by atoms with van der Waals surface area (Å²) in [5, 5.41) is 3.20. The van der Waals surface area contributed by atoms with Crippen LogP contribution in [0.1, 0.15) is 25.6 Å². The summed E-state index contributed by atoms with van der Waals surface area (Å²) in [6.45, 7) is 2.00. The maximum absolute atomic E-state index is 12.3. The molecule has 1 amide bonds. The van der Waals surface area contributed by atoms with E-state index in [0.29, 0.717) is 27.6 Å². The van der Waals surface area contributed by atoms with Gasteiger partial charge in [0.1, 0.15) is 5.00 Å². The predicted octanol–water partition coefficient (Wildman–Crippen LogP) is 2.82. The maximum Gasteiger partial charge on any atom is 0.340 e. The summed E-state index contributed by atoms with van der Waals surface area (Å²) < 4.78 is 15.2. The second kappa shape index (κ2) is 5.69. The zero-order valence-corrected chi connectivity index (χ0v) is 12.8. The Bertz CT molecular complexity index is 752. The van der Waals surface area contributed by atoms with Crippen molar-refractivity contribution in [3.8, 4) is 11.5 Å². The first kappa shape index (κ1) is 14.4. The lowest BCUT2D eigenvalue weighted by Gasteiger charge is -2.06. The minimum Gasteiger partial charge on any atom is -0.465 e. The highest BCUT2D eigenvalue weighted by atomic mass is 32.1. The van der Waals surface area contributed by atoms with Crippen LogP contribution >= 0.6 is 11.3 Å². The van der Waals surface area contributed by atoms with Gasteiger partial charge in [0, 0.05) is 10.4 Å². The van der Waals surface area contributed by atoms with E-state index < -0.39 is 5.97 Å². The van der Waals surface area contributed by atoms with Crippen molar-refractivity contribution in [2.45, 2.75) is 6.92 Å². The van der Waals surface area contributed by atoms with Gasteiger partial charge < -0.3 is 19.5 Å². The van der Waals surface area contributed by atoms with Gasteiger partial charge in [0.05, 0.1) is 12.7 Å². The smallest absolute Gasteiger partial charge is 0.340 e. The molecular weight excluding hydrogens is 306 g/mol. The monoisotopic (exact) mass is 319 g/mol. The molecule has 0 saturated carbocycles. The molecule has 1 aliphatic rings. The number of hydrogen-bond donors (Lipinski definition) is 1. The van der Waals surface area contributed by atoms with Crippen LogP contribution in [0.15, 0.2) is 24.3 Å². The van der Waals surface area contributed by atoms with Crippen molar-refractivity contribution in [2.24, 2.45) is 0 Å². The summed E-state index contributed by atoms with van der Waals surface area (Å²) in [7, 11) is 1.30. The number of rotatable bonds is 3. The topological polar surface area (TPSA) is 73.9 Å². The fraction of sp³-hybridized carbons (Fsp3) is 0.200. The molecule has 0 radical (unpaired) electrons. The van der Waals surface area contributed by atoms with Gasteiger partial charge in [-0.1, -0.05) is 0 Å². The fourth-order valence-electron chi connectivity index (χ4n) is 2.08. The number of nitrogens with one attached hydrogen (secondary N) is 1. The summed E-state index contributed by atoms with van der Waals surface area (Å²) in [6, 6.07) is 6.61. The lowest BCUT2D eigenvalue weighted by molar-refractivity contribution is 0.0602. The molecule has 2 heterocycles. The van der Waals surface area contributed by atoms with E-state index in [1.807, 2.05) is 6.92 Å². The highest BCUT2D eigenvalue weighted by molar-refractivity contribution is 7.16. The normalized spacial score (nSPS) is 12.1. The van der Waals surface area contributed by atoms with E-state index >= 15 is 0 Å². The largest absolute Gasteiger partial charge is 0.465 e. The van der Waals surface area contributed by atoms with Crippen molar-refractivity contribution in [1.29, 1.82) is 0 Å². The van der Waals surface area contributed by atoms with E-state index in [1.165, 1.54) is 18.4 Å². The number of carbonyl (C=O) groups is 2. The van der Waals surface area contributed by atoms with Gasteiger partial charge in [-0.25, -0.2) is 4.79 Å². The number of methoxy groups -OCH3 is 1. The van der Waals surface area contributed by atoms with Crippen molar-refractivity contribution < 1.29 is 23.8 Å². The average Bonchev–Trinajstić information content (AvgIpc) is 3.11. The van der Waals surface area contributed by atoms with Gasteiger partial charge in [-0.05, 0) is 31.2 Å². The first-order valence-corrected chi connectivity index (χ1v) is 7.30. The Hall–Kier alpha value is -2.54. The van der Waals surface area contributed by atoms with Crippen LogP contribution in [0.2, 0.25) is 0 Å². The Labute approximate surface area is 130 Å². The SMILES string of the molecule is COC(=O)c1cc(C)sc1NC(=O)c1ccc2c(c1)OCO2. The molecule has 7 heteroatoms. The minimum absolute atomic E-state index is 0.150. The van der Waals surface area contributed by atoms with Crippen LogP contribution in [0.3, 0.4) is 0 Å². The summed E-state index contributed by atoms with van der Waals surface area (Å²) in [5.41, 5.74) is 0.769. The zero-order chi connectivity index (χ0) is 15.7. The molecule has 1 N–H and O–H groups in total. The molecule has 0 saturated heterocycles. The van der Waals surface area contributed by atoms with Crippen LogP contribution in [0.5, 0.6) is 11.5 Å². The Morgan fingerprint density at radius 2 is 2.00 bits per heavy atom. The third-order valence-electron chi connectivity index (χ3n) is 3.12. The predicted molar refractivity (Wildman–Crippen MR) is 80.9 cm³/mol. The third kappa shape index (κ3) is 2.62. The molecular formula is C15H13NO5S. The van der Waals surface area contributed by atoms with Gasteiger partial charge >= 0.3 is 5.97 Å². The lowest BCUT2D eigenvalue weighted by atomic mass is 10.2. The van der Waals surface area contributed by atoms with E-state index in [0.717, 1.165) is 4.88 Å². The van der Waals surface area contributed by atoms with E-state index in [4.69, 9.17) is 14.2 Å². The van der Waals surface area contributed by atoms with Crippen LogP contribution in [-0.2, 0) is 4.74 Å². The lowest BCUT2D eigenvalue weighted by Crippen LogP contribution is -2.13. The number of ether oxygens (including phenoxy) is 3. The number of amides is 1. The Morgan fingerprint density at radius 1 is 1.23 bits per heavy atom. The number of fused-ring (bicyclic) bond motifs is 1. The van der Waals surface area contributed by atoms with Crippen LogP contribution < -0.4 is 14.8 Å². The number of hydrogen-bond acceptors (Lipinski definition) is 6. The van der Waals surface area contributed by atoms with Crippen molar-refractivity contribution in [3.63, 3.8) is 0 Å². The number of carbonyl (C=O) groups excluding carboxylic acids is 2. The van der Waals surface area contributed by atoms with Crippen molar-refractivity contribution in [1.82, 2.24) is 0 Å². The van der Waals surface area contributed by atoms with Crippen molar-refractivity contribution >= 4 is 28.2 Å². The number of thiophene rings is 1. The van der Waals surface area contributed by atoms with E-state index in [-0.39, 0.29) is 12.7 Å². The molecule has 22 heavy (non-hydrogen) atoms. The van der Waals surface area contributed by atoms with Crippen LogP contribution in [0, 0.1) is 6.92 Å². The molecule has 0 unspecified atom stereocenters. The molecule has 0 aliphatic carbocycles. The molecule has 0 spiro atoms. The van der Waals surface area contributed by atoms with E-state index in [2.05, 4.69) is 5.32 Å². The van der Waals surface area contributed by atoms with Gasteiger partial charge in [0.2, 0.25) is 6.79 Å². The summed E-state index contributed by atoms with van der Waals surface area (Å²) >= 11 is 1.32. The molecule has 0 fully saturated rings. The Balaban J connectivity index is 1.84. The summed E-state index contributed by atoms with van der Waals surface area (Å²) in [6.07, 6.45) is 0. The molecule has 3 rings (SSSR count). The van der Waals surface area contributed by atoms with Gasteiger partial charge in [-0.3, -0.25) is 4.79 Å². The summed E-state index contributed by atoms with van der Waals surface area (Å²) in [4.78, 5) is 25.0. The van der Waals surface area contributed by atoms with Gasteiger partial charge in [-0.2, -0.15) is 0 Å². The number of esters is 1. The first-order valence-electron chi connectivity index (χ1n) is 6.48. The van der Waals surface area contributed by atoms with Crippen LogP contribution in [0.25, 0.3) is 0 Å². The number of benzene rings is 1. The Kier molecular flexibility index (Phi) is 3.72. The Morgan fingerprint density at radius 3 is 2.77 bits per heavy atom. The molecule has 6 nitrogen and oxygen atoms in total. The van der Waals surface area contributed by atoms with Crippen molar-refractivity contribution in [3.05, 3.63) is 40.3 Å². The quantitative estimate of drug-likeness (QED) is 0.881. The second-order valence-corrected chi connectivity index (χ2v) is 5.87. The molecule has 1 aromatic heterocycles. The van der Waals surface area contributed by atoms with E-state index in [9.17, 15) is 9.59 Å².